The molecule has 20 heteroatoms. The summed E-state index contributed by atoms with van der Waals surface area (Å²) in [5, 5.41) is 17.4. The van der Waals surface area contributed by atoms with Gasteiger partial charge < -0.3 is 45.0 Å². The number of carbonyl (C=O) groups excluding carboxylic acids is 3. The summed E-state index contributed by atoms with van der Waals surface area (Å²) in [4.78, 5) is 76.5. The fourth-order valence-electron chi connectivity index (χ4n) is 6.13. The van der Waals surface area contributed by atoms with Crippen LogP contribution in [0.5, 0.6) is 0 Å². The molecule has 2 aromatic carbocycles. The highest BCUT2D eigenvalue weighted by Crippen LogP contribution is 2.36. The van der Waals surface area contributed by atoms with Gasteiger partial charge in [0.25, 0.3) is 11.8 Å². The third-order valence-electron chi connectivity index (χ3n) is 8.83. The number of nitrogen functional groups attached to an aromatic ring is 1. The number of ether oxygens (including phenoxy) is 1. The van der Waals surface area contributed by atoms with Crippen LogP contribution in [0.2, 0.25) is 0 Å². The molecule has 2 saturated heterocycles. The molecular weight excluding hydrogens is 751 g/mol. The Kier molecular flexibility index (Phi) is 10.2. The summed E-state index contributed by atoms with van der Waals surface area (Å²) >= 11 is 2.66. The smallest absolute Gasteiger partial charge is 0.410 e. The summed E-state index contributed by atoms with van der Waals surface area (Å²) in [7, 11) is 0. The first-order valence-corrected chi connectivity index (χ1v) is 18.2. The van der Waals surface area contributed by atoms with Crippen LogP contribution in [0.25, 0.3) is 16.6 Å². The Morgan fingerprint density at radius 3 is 2.56 bits per heavy atom. The quantitative estimate of drug-likeness (QED) is 0.121. The zero-order chi connectivity index (χ0) is 38.1. The molecule has 2 atom stereocenters. The minimum absolute atomic E-state index is 0.0389. The lowest BCUT2D eigenvalue weighted by Gasteiger charge is -2.47. The SMILES string of the molecule is Nc1nc(CO/N=C\C(=O)N[C@@H]2C(=O)N3C=C(COC(=O)N4CCN(c5cc6c(cc5F)c(=O)c(C(=O)O)cn6-c5ccc(F)cc5)CC4)CS[C@H]23)cs1. The molecule has 54 heavy (non-hydrogen) atoms. The number of thioether (sulfide) groups is 1. The number of anilines is 2. The van der Waals surface area contributed by atoms with Crippen LogP contribution < -0.4 is 21.4 Å². The standard InChI is InChI=1S/C34H30F2N8O8S2/c35-19-1-3-21(4-2-19)43-13-23(32(48)49)29(46)22-9-24(36)26(10-25(22)43)41-5-7-42(8-6-41)34(50)51-14-18-12-44-30(47)28(31(44)53-16-18)40-27(45)11-38-52-15-20-17-54-33(37)39-20/h1-4,9-13,17,28,31H,5-8,14-16H2,(H2,37,39)(H,40,45)(H,48,49)/b38-11-/t28-,31-/m1/s1. The Bertz CT molecular complexity index is 2270. The van der Waals surface area contributed by atoms with Gasteiger partial charge in [0.2, 0.25) is 5.43 Å². The summed E-state index contributed by atoms with van der Waals surface area (Å²) in [5.41, 5.74) is 6.12. The number of carbonyl (C=O) groups is 4. The molecule has 3 aliphatic rings. The minimum Gasteiger partial charge on any atom is -0.477 e. The number of carboxylic acid groups (broad SMARTS) is 1. The molecule has 4 N–H and O–H groups in total. The van der Waals surface area contributed by atoms with Gasteiger partial charge in [0.15, 0.2) is 11.7 Å². The van der Waals surface area contributed by atoms with E-state index in [0.717, 1.165) is 18.5 Å². The number of fused-ring (bicyclic) bond motifs is 2. The molecule has 0 spiro atoms. The summed E-state index contributed by atoms with van der Waals surface area (Å²) in [6.45, 7) is 0.797. The second-order valence-corrected chi connectivity index (χ2v) is 14.3. The largest absolute Gasteiger partial charge is 0.477 e. The predicted molar refractivity (Wildman–Crippen MR) is 194 cm³/mol. The molecule has 0 bridgehead atoms. The van der Waals surface area contributed by atoms with Gasteiger partial charge in [-0.05, 0) is 42.0 Å². The number of halogens is 2. The summed E-state index contributed by atoms with van der Waals surface area (Å²) < 4.78 is 36.1. The average molecular weight is 781 g/mol. The van der Waals surface area contributed by atoms with Gasteiger partial charge in [0, 0.05) is 60.8 Å². The number of aromatic carboxylic acids is 1. The Morgan fingerprint density at radius 2 is 1.85 bits per heavy atom. The van der Waals surface area contributed by atoms with E-state index in [1.807, 2.05) is 0 Å². The van der Waals surface area contributed by atoms with E-state index in [2.05, 4.69) is 15.5 Å². The number of amides is 3. The van der Waals surface area contributed by atoms with Crippen molar-refractivity contribution in [3.05, 3.63) is 92.9 Å². The number of rotatable bonds is 10. The molecule has 3 aliphatic heterocycles. The number of oxime groups is 1. The summed E-state index contributed by atoms with van der Waals surface area (Å²) in [5.74, 6) is -3.22. The number of β-lactam (4-membered cyclic amide) rings is 1. The summed E-state index contributed by atoms with van der Waals surface area (Å²) in [6.07, 6.45) is 3.08. The molecule has 0 unspecified atom stereocenters. The molecule has 16 nitrogen and oxygen atoms in total. The highest BCUT2D eigenvalue weighted by Gasteiger charge is 2.49. The molecular formula is C34H30F2N8O8S2. The lowest BCUT2D eigenvalue weighted by atomic mass is 10.1. The van der Waals surface area contributed by atoms with E-state index in [0.29, 0.717) is 27.8 Å². The van der Waals surface area contributed by atoms with Crippen LogP contribution in [0.15, 0.2) is 69.7 Å². The third kappa shape index (κ3) is 7.42. The highest BCUT2D eigenvalue weighted by atomic mass is 32.2. The Balaban J connectivity index is 0.925. The fourth-order valence-corrected chi connectivity index (χ4v) is 7.92. The number of aromatic nitrogens is 2. The highest BCUT2D eigenvalue weighted by molar-refractivity contribution is 8.00. The van der Waals surface area contributed by atoms with Crippen LogP contribution in [0.1, 0.15) is 16.1 Å². The summed E-state index contributed by atoms with van der Waals surface area (Å²) in [6, 6.07) is 6.87. The van der Waals surface area contributed by atoms with E-state index in [1.165, 1.54) is 67.8 Å². The van der Waals surface area contributed by atoms with Crippen LogP contribution in [0.3, 0.4) is 0 Å². The molecule has 0 saturated carbocycles. The van der Waals surface area contributed by atoms with Crippen molar-refractivity contribution in [1.82, 2.24) is 24.7 Å². The first-order valence-electron chi connectivity index (χ1n) is 16.3. The van der Waals surface area contributed by atoms with E-state index >= 15 is 4.39 Å². The van der Waals surface area contributed by atoms with Gasteiger partial charge in [-0.3, -0.25) is 14.4 Å². The van der Waals surface area contributed by atoms with Crippen LogP contribution in [-0.4, -0.2) is 105 Å². The number of nitrogens with zero attached hydrogens (tertiary/aromatic N) is 6. The third-order valence-corrected chi connectivity index (χ3v) is 10.9. The van der Waals surface area contributed by atoms with Crippen molar-refractivity contribution in [2.24, 2.45) is 5.16 Å². The lowest BCUT2D eigenvalue weighted by molar-refractivity contribution is -0.143. The van der Waals surface area contributed by atoms with Gasteiger partial charge in [0.1, 0.15) is 41.4 Å². The molecule has 0 radical (unpaired) electrons. The van der Waals surface area contributed by atoms with Gasteiger partial charge >= 0.3 is 12.1 Å². The number of piperazine rings is 1. The molecule has 7 rings (SSSR count). The van der Waals surface area contributed by atoms with Gasteiger partial charge in [-0.25, -0.2) is 23.4 Å². The molecule has 4 aromatic rings. The molecule has 0 aliphatic carbocycles. The Hall–Kier alpha value is -6.02. The number of hydrogen-bond donors (Lipinski definition) is 3. The van der Waals surface area contributed by atoms with Crippen LogP contribution in [0, 0.1) is 11.6 Å². The zero-order valence-corrected chi connectivity index (χ0v) is 29.6. The van der Waals surface area contributed by atoms with Crippen molar-refractivity contribution in [3.8, 4) is 5.69 Å². The number of benzene rings is 2. The maximum absolute atomic E-state index is 15.5. The van der Waals surface area contributed by atoms with Gasteiger partial charge in [-0.15, -0.1) is 23.1 Å². The van der Waals surface area contributed by atoms with Crippen LogP contribution in [0.4, 0.5) is 24.4 Å². The second kappa shape index (κ2) is 15.1. The Morgan fingerprint density at radius 1 is 1.09 bits per heavy atom. The van der Waals surface area contributed by atoms with Gasteiger partial charge in [0.05, 0.1) is 16.9 Å². The van der Waals surface area contributed by atoms with Gasteiger partial charge in [-0.2, -0.15) is 0 Å². The molecule has 2 fully saturated rings. The van der Waals surface area contributed by atoms with Crippen molar-refractivity contribution >= 4 is 74.9 Å². The normalized spacial score (nSPS) is 18.3. The average Bonchev–Trinajstić information content (AvgIpc) is 3.59. The fraction of sp³-hybridized carbons (Fsp3) is 0.265. The second-order valence-electron chi connectivity index (χ2n) is 12.3. The van der Waals surface area contributed by atoms with Crippen LogP contribution >= 0.6 is 23.1 Å². The van der Waals surface area contributed by atoms with Crippen molar-refractivity contribution in [3.63, 3.8) is 0 Å². The number of hydrogen-bond acceptors (Lipinski definition) is 13. The van der Waals surface area contributed by atoms with Crippen molar-refractivity contribution in [2.75, 3.05) is 49.2 Å². The first kappa shape index (κ1) is 36.3. The zero-order valence-electron chi connectivity index (χ0n) is 28.0. The van der Waals surface area contributed by atoms with Gasteiger partial charge in [-0.1, -0.05) is 5.16 Å². The van der Waals surface area contributed by atoms with Crippen LogP contribution in [-0.2, 0) is 25.8 Å². The monoisotopic (exact) mass is 780 g/mol. The van der Waals surface area contributed by atoms with E-state index in [-0.39, 0.29) is 67.3 Å². The van der Waals surface area contributed by atoms with Crippen molar-refractivity contribution in [1.29, 1.82) is 0 Å². The number of nitrogens with two attached hydrogens (primary N) is 1. The first-order chi connectivity index (χ1) is 26.0. The van der Waals surface area contributed by atoms with E-state index in [4.69, 9.17) is 15.3 Å². The number of nitrogens with one attached hydrogen (secondary N) is 1. The lowest BCUT2D eigenvalue weighted by Crippen LogP contribution is -2.68. The predicted octanol–water partition coefficient (Wildman–Crippen LogP) is 2.75. The molecule has 280 valence electrons. The topological polar surface area (TPSA) is 202 Å². The maximum Gasteiger partial charge on any atom is 0.410 e. The Labute approximate surface area is 312 Å². The maximum atomic E-state index is 15.5. The number of pyridine rings is 1. The molecule has 3 amide bonds. The van der Waals surface area contributed by atoms with E-state index in [1.54, 1.807) is 16.5 Å². The minimum atomic E-state index is -1.49. The van der Waals surface area contributed by atoms with Crippen molar-refractivity contribution in [2.45, 2.75) is 18.0 Å². The molecule has 2 aromatic heterocycles. The number of carboxylic acids is 1. The van der Waals surface area contributed by atoms with Crippen molar-refractivity contribution < 1.29 is 42.6 Å². The van der Waals surface area contributed by atoms with E-state index < -0.39 is 46.6 Å². The molecule has 5 heterocycles. The number of thiazole rings is 1. The van der Waals surface area contributed by atoms with E-state index in [9.17, 15) is 33.5 Å².